The number of nitrogens with zero attached hydrogens (tertiary/aromatic N) is 4. The van der Waals surface area contributed by atoms with E-state index in [1.54, 1.807) is 23.4 Å². The number of ether oxygens (including phenoxy) is 1. The van der Waals surface area contributed by atoms with Crippen LogP contribution < -0.4 is 9.64 Å². The summed E-state index contributed by atoms with van der Waals surface area (Å²) in [4.78, 5) is 17.5. The highest BCUT2D eigenvalue weighted by molar-refractivity contribution is 8.18. The normalized spacial score (nSPS) is 15.5. The summed E-state index contributed by atoms with van der Waals surface area (Å²) < 4.78 is 11.4. The molecule has 0 unspecified atom stereocenters. The van der Waals surface area contributed by atoms with Crippen LogP contribution in [0.2, 0.25) is 0 Å². The van der Waals surface area contributed by atoms with Gasteiger partial charge in [-0.1, -0.05) is 54.6 Å². The summed E-state index contributed by atoms with van der Waals surface area (Å²) in [5.74, 6) is 1.27. The molecule has 196 valence electrons. The maximum atomic E-state index is 13.3. The van der Waals surface area contributed by atoms with Gasteiger partial charge in [0.25, 0.3) is 5.91 Å². The van der Waals surface area contributed by atoms with Crippen LogP contribution in [0.5, 0.6) is 5.75 Å². The van der Waals surface area contributed by atoms with Gasteiger partial charge in [-0.2, -0.15) is 5.10 Å². The third-order valence-corrected chi connectivity index (χ3v) is 6.94. The largest absolute Gasteiger partial charge is 0.489 e. The van der Waals surface area contributed by atoms with Crippen molar-refractivity contribution < 1.29 is 13.9 Å². The van der Waals surface area contributed by atoms with E-state index in [1.165, 1.54) is 11.8 Å². The Hall–Kier alpha value is -4.56. The number of amidine groups is 1. The fourth-order valence-corrected chi connectivity index (χ4v) is 4.81. The van der Waals surface area contributed by atoms with Crippen LogP contribution in [-0.2, 0) is 17.9 Å². The van der Waals surface area contributed by atoms with Crippen molar-refractivity contribution in [2.24, 2.45) is 10.2 Å². The fraction of sp³-hybridized carbons (Fsp3) is 0.129. The molecule has 5 rings (SSSR count). The Kier molecular flexibility index (Phi) is 8.23. The number of benzene rings is 3. The van der Waals surface area contributed by atoms with E-state index in [2.05, 4.69) is 10.2 Å². The molecule has 1 amide bonds. The highest BCUT2D eigenvalue weighted by atomic mass is 32.2. The minimum atomic E-state index is -0.140. The maximum absolute atomic E-state index is 13.3. The molecule has 39 heavy (non-hydrogen) atoms. The molecule has 2 heterocycles. The van der Waals surface area contributed by atoms with E-state index in [1.807, 2.05) is 110 Å². The number of thioether (sulfide) groups is 1. The van der Waals surface area contributed by atoms with E-state index >= 15 is 0 Å². The van der Waals surface area contributed by atoms with Gasteiger partial charge in [-0.25, -0.2) is 0 Å². The Labute approximate surface area is 232 Å². The standard InChI is InChI=1S/C31H28N4O3S/c1-34(2)26-15-13-23(14-16-26)19-29-30(36)35(21-28-12-7-17-37-28)31(39-29)33-32-20-25-10-6-11-27(18-25)38-22-24-8-4-3-5-9-24/h3-20H,21-22H2,1-2H3/b29-19-,32-20+,33-31-. The quantitative estimate of drug-likeness (QED) is 0.140. The molecule has 8 heteroatoms. The molecule has 0 spiro atoms. The monoisotopic (exact) mass is 536 g/mol. The Morgan fingerprint density at radius 2 is 1.77 bits per heavy atom. The number of carbonyl (C=O) groups excluding carboxylic acids is 1. The molecule has 0 radical (unpaired) electrons. The molecule has 1 aliphatic heterocycles. The van der Waals surface area contributed by atoms with Gasteiger partial charge < -0.3 is 14.1 Å². The van der Waals surface area contributed by atoms with Crippen molar-refractivity contribution in [3.63, 3.8) is 0 Å². The first-order chi connectivity index (χ1) is 19.0. The van der Waals surface area contributed by atoms with Crippen molar-refractivity contribution in [1.82, 2.24) is 4.90 Å². The zero-order valence-corrected chi connectivity index (χ0v) is 22.5. The first-order valence-corrected chi connectivity index (χ1v) is 13.3. The van der Waals surface area contributed by atoms with Gasteiger partial charge in [0.2, 0.25) is 0 Å². The minimum Gasteiger partial charge on any atom is -0.489 e. The SMILES string of the molecule is CN(C)c1ccc(/C=C2\S/C(=N\N=C\c3cccc(OCc4ccccc4)c3)N(Cc3ccco3)C2=O)cc1. The van der Waals surface area contributed by atoms with Crippen molar-refractivity contribution in [2.75, 3.05) is 19.0 Å². The number of furan rings is 1. The number of rotatable bonds is 9. The third-order valence-electron chi connectivity index (χ3n) is 5.95. The molecule has 0 bridgehead atoms. The molecule has 0 aliphatic carbocycles. The van der Waals surface area contributed by atoms with E-state index in [0.29, 0.717) is 22.4 Å². The van der Waals surface area contributed by atoms with Crippen LogP contribution in [0.4, 0.5) is 5.69 Å². The molecule has 4 aromatic rings. The first-order valence-electron chi connectivity index (χ1n) is 12.4. The summed E-state index contributed by atoms with van der Waals surface area (Å²) in [7, 11) is 3.99. The Bertz CT molecular complexity index is 1490. The van der Waals surface area contributed by atoms with Gasteiger partial charge in [0.1, 0.15) is 18.1 Å². The molecule has 0 N–H and O–H groups in total. The smallest absolute Gasteiger partial charge is 0.267 e. The van der Waals surface area contributed by atoms with Crippen LogP contribution in [-0.4, -0.2) is 36.3 Å². The number of amides is 1. The Morgan fingerprint density at radius 1 is 0.949 bits per heavy atom. The van der Waals surface area contributed by atoms with E-state index in [-0.39, 0.29) is 12.5 Å². The van der Waals surface area contributed by atoms with Crippen LogP contribution in [0, 0.1) is 0 Å². The van der Waals surface area contributed by atoms with Gasteiger partial charge in [-0.15, -0.1) is 5.10 Å². The summed E-state index contributed by atoms with van der Waals surface area (Å²) in [5, 5.41) is 9.19. The third kappa shape index (κ3) is 6.86. The fourth-order valence-electron chi connectivity index (χ4n) is 3.87. The number of hydrogen-bond donors (Lipinski definition) is 0. The van der Waals surface area contributed by atoms with E-state index in [4.69, 9.17) is 9.15 Å². The number of anilines is 1. The van der Waals surface area contributed by atoms with Crippen molar-refractivity contribution >= 4 is 40.8 Å². The molecule has 0 atom stereocenters. The summed E-state index contributed by atoms with van der Waals surface area (Å²) >= 11 is 1.30. The van der Waals surface area contributed by atoms with Gasteiger partial charge >= 0.3 is 0 Å². The van der Waals surface area contributed by atoms with Gasteiger partial charge in [-0.05, 0) is 70.9 Å². The van der Waals surface area contributed by atoms with Crippen LogP contribution in [0.15, 0.2) is 117 Å². The highest BCUT2D eigenvalue weighted by Gasteiger charge is 2.34. The lowest BCUT2D eigenvalue weighted by molar-refractivity contribution is -0.122. The highest BCUT2D eigenvalue weighted by Crippen LogP contribution is 2.34. The average molecular weight is 537 g/mol. The van der Waals surface area contributed by atoms with Crippen molar-refractivity contribution in [1.29, 1.82) is 0 Å². The first kappa shape index (κ1) is 26.1. The lowest BCUT2D eigenvalue weighted by atomic mass is 10.2. The zero-order valence-electron chi connectivity index (χ0n) is 21.7. The van der Waals surface area contributed by atoms with Crippen LogP contribution >= 0.6 is 11.8 Å². The van der Waals surface area contributed by atoms with Crippen molar-refractivity contribution in [3.05, 3.63) is 125 Å². The molecule has 1 aromatic heterocycles. The van der Waals surface area contributed by atoms with E-state index in [0.717, 1.165) is 28.1 Å². The molecular weight excluding hydrogens is 508 g/mol. The second-order valence-corrected chi connectivity index (χ2v) is 10.1. The van der Waals surface area contributed by atoms with E-state index in [9.17, 15) is 4.79 Å². The molecule has 7 nitrogen and oxygen atoms in total. The number of hydrogen-bond acceptors (Lipinski definition) is 7. The summed E-state index contributed by atoms with van der Waals surface area (Å²) in [6, 6.07) is 29.3. The molecule has 3 aromatic carbocycles. The topological polar surface area (TPSA) is 70.6 Å². The summed E-state index contributed by atoms with van der Waals surface area (Å²) in [5.41, 5.74) is 3.97. The lowest BCUT2D eigenvalue weighted by Crippen LogP contribution is -2.28. The van der Waals surface area contributed by atoms with Crippen LogP contribution in [0.25, 0.3) is 6.08 Å². The Balaban J connectivity index is 1.33. The van der Waals surface area contributed by atoms with Crippen LogP contribution in [0.1, 0.15) is 22.5 Å². The Morgan fingerprint density at radius 3 is 2.51 bits per heavy atom. The second-order valence-electron chi connectivity index (χ2n) is 9.04. The summed E-state index contributed by atoms with van der Waals surface area (Å²) in [6.45, 7) is 0.754. The predicted molar refractivity (Wildman–Crippen MR) is 158 cm³/mol. The molecule has 0 saturated carbocycles. The maximum Gasteiger partial charge on any atom is 0.267 e. The molecule has 1 saturated heterocycles. The molecule has 1 fully saturated rings. The van der Waals surface area contributed by atoms with Gasteiger partial charge in [0, 0.05) is 19.8 Å². The predicted octanol–water partition coefficient (Wildman–Crippen LogP) is 6.43. The van der Waals surface area contributed by atoms with Crippen LogP contribution in [0.3, 0.4) is 0 Å². The lowest BCUT2D eigenvalue weighted by Gasteiger charge is -2.12. The van der Waals surface area contributed by atoms with E-state index < -0.39 is 0 Å². The van der Waals surface area contributed by atoms with Gasteiger partial charge in [0.15, 0.2) is 5.17 Å². The molecule has 1 aliphatic rings. The molecular formula is C31H28N4O3S. The number of carbonyl (C=O) groups is 1. The van der Waals surface area contributed by atoms with Gasteiger partial charge in [-0.3, -0.25) is 9.69 Å². The van der Waals surface area contributed by atoms with Crippen molar-refractivity contribution in [2.45, 2.75) is 13.2 Å². The van der Waals surface area contributed by atoms with Gasteiger partial charge in [0.05, 0.1) is 23.9 Å². The zero-order chi connectivity index (χ0) is 27.0. The van der Waals surface area contributed by atoms with Crippen molar-refractivity contribution in [3.8, 4) is 5.75 Å². The summed E-state index contributed by atoms with van der Waals surface area (Å²) in [6.07, 6.45) is 5.12. The second kappa shape index (κ2) is 12.3. The average Bonchev–Trinajstić information content (AvgIpc) is 3.57. The minimum absolute atomic E-state index is 0.140.